The van der Waals surface area contributed by atoms with E-state index in [0.29, 0.717) is 23.7 Å². The molecule has 0 heterocycles. The lowest BCUT2D eigenvalue weighted by Crippen LogP contribution is -2.53. The SMILES string of the molecule is Cc1ccc(CN(C(=O)COc2ccccc2Cl)C(Cc2ccccc2)C(=O)NC2CCCC2)cc1. The van der Waals surface area contributed by atoms with Crippen LogP contribution in [-0.4, -0.2) is 35.4 Å². The summed E-state index contributed by atoms with van der Waals surface area (Å²) in [4.78, 5) is 29.0. The maximum atomic E-state index is 13.7. The van der Waals surface area contributed by atoms with Crippen LogP contribution in [0.5, 0.6) is 5.75 Å². The molecule has 1 unspecified atom stereocenters. The van der Waals surface area contributed by atoms with Crippen molar-refractivity contribution >= 4 is 23.4 Å². The molecule has 0 bridgehead atoms. The molecule has 188 valence electrons. The molecule has 6 heteroatoms. The minimum atomic E-state index is -0.670. The van der Waals surface area contributed by atoms with Crippen molar-refractivity contribution in [2.45, 2.75) is 57.7 Å². The van der Waals surface area contributed by atoms with Gasteiger partial charge in [0.2, 0.25) is 5.91 Å². The molecule has 0 aromatic heterocycles. The number of carbonyl (C=O) groups is 2. The first-order chi connectivity index (χ1) is 17.5. The minimum absolute atomic E-state index is 0.121. The van der Waals surface area contributed by atoms with E-state index in [4.69, 9.17) is 16.3 Å². The molecule has 3 aromatic rings. The van der Waals surface area contributed by atoms with Gasteiger partial charge in [0.15, 0.2) is 6.61 Å². The molecule has 5 nitrogen and oxygen atoms in total. The topological polar surface area (TPSA) is 58.6 Å². The molecule has 3 aromatic carbocycles. The molecule has 1 saturated carbocycles. The molecule has 1 N–H and O–H groups in total. The highest BCUT2D eigenvalue weighted by Crippen LogP contribution is 2.24. The fourth-order valence-corrected chi connectivity index (χ4v) is 4.79. The molecule has 0 saturated heterocycles. The van der Waals surface area contributed by atoms with Crippen molar-refractivity contribution < 1.29 is 14.3 Å². The van der Waals surface area contributed by atoms with E-state index in [0.717, 1.165) is 42.4 Å². The standard InChI is InChI=1S/C30H33ClN2O3/c1-22-15-17-24(18-16-22)20-33(29(34)21-36-28-14-8-7-13-26(28)31)27(19-23-9-3-2-4-10-23)30(35)32-25-11-5-6-12-25/h2-4,7-10,13-18,25,27H,5-6,11-12,19-21H2,1H3,(H,32,35). The number of hydrogen-bond donors (Lipinski definition) is 1. The van der Waals surface area contributed by atoms with Crippen molar-refractivity contribution in [3.05, 3.63) is 101 Å². The number of amides is 2. The van der Waals surface area contributed by atoms with E-state index in [1.807, 2.05) is 73.7 Å². The Hall–Kier alpha value is -3.31. The highest BCUT2D eigenvalue weighted by Gasteiger charge is 2.32. The predicted molar refractivity (Wildman–Crippen MR) is 143 cm³/mol. The Morgan fingerprint density at radius 2 is 1.61 bits per heavy atom. The Kier molecular flexibility index (Phi) is 9.01. The van der Waals surface area contributed by atoms with Gasteiger partial charge in [-0.15, -0.1) is 0 Å². The molecule has 1 aliphatic carbocycles. The lowest BCUT2D eigenvalue weighted by Gasteiger charge is -2.32. The Bertz CT molecular complexity index is 1140. The molecule has 1 fully saturated rings. The summed E-state index contributed by atoms with van der Waals surface area (Å²) in [5.74, 6) is 0.0553. The van der Waals surface area contributed by atoms with E-state index in [-0.39, 0.29) is 24.5 Å². The molecule has 1 atom stereocenters. The molecule has 0 aliphatic heterocycles. The van der Waals surface area contributed by atoms with Crippen LogP contribution in [-0.2, 0) is 22.6 Å². The summed E-state index contributed by atoms with van der Waals surface area (Å²) < 4.78 is 5.80. The number of benzene rings is 3. The zero-order valence-corrected chi connectivity index (χ0v) is 21.4. The number of aryl methyl sites for hydroxylation is 1. The van der Waals surface area contributed by atoms with Crippen LogP contribution < -0.4 is 10.1 Å². The summed E-state index contributed by atoms with van der Waals surface area (Å²) in [6.45, 7) is 2.12. The highest BCUT2D eigenvalue weighted by atomic mass is 35.5. The van der Waals surface area contributed by atoms with Crippen molar-refractivity contribution in [3.8, 4) is 5.75 Å². The molecular formula is C30H33ClN2O3. The van der Waals surface area contributed by atoms with Crippen LogP contribution in [0.15, 0.2) is 78.9 Å². The number of para-hydroxylation sites is 1. The van der Waals surface area contributed by atoms with Gasteiger partial charge in [-0.1, -0.05) is 96.7 Å². The molecular weight excluding hydrogens is 472 g/mol. The Morgan fingerprint density at radius 1 is 0.944 bits per heavy atom. The van der Waals surface area contributed by atoms with Gasteiger partial charge in [-0.3, -0.25) is 9.59 Å². The molecule has 1 aliphatic rings. The third kappa shape index (κ3) is 7.11. The van der Waals surface area contributed by atoms with E-state index in [9.17, 15) is 9.59 Å². The van der Waals surface area contributed by atoms with Crippen molar-refractivity contribution in [1.82, 2.24) is 10.2 Å². The summed E-state index contributed by atoms with van der Waals surface area (Å²) in [5, 5.41) is 3.66. The van der Waals surface area contributed by atoms with Crippen LogP contribution in [0, 0.1) is 6.92 Å². The summed E-state index contributed by atoms with van der Waals surface area (Å²) in [7, 11) is 0. The van der Waals surface area contributed by atoms with Gasteiger partial charge in [-0.05, 0) is 43.0 Å². The van der Waals surface area contributed by atoms with Crippen molar-refractivity contribution in [3.63, 3.8) is 0 Å². The van der Waals surface area contributed by atoms with Crippen LogP contribution in [0.25, 0.3) is 0 Å². The van der Waals surface area contributed by atoms with Gasteiger partial charge >= 0.3 is 0 Å². The van der Waals surface area contributed by atoms with Gasteiger partial charge in [0.25, 0.3) is 5.91 Å². The number of nitrogens with zero attached hydrogens (tertiary/aromatic N) is 1. The fourth-order valence-electron chi connectivity index (χ4n) is 4.60. The average Bonchev–Trinajstić information content (AvgIpc) is 3.40. The van der Waals surface area contributed by atoms with E-state index in [2.05, 4.69) is 5.32 Å². The molecule has 2 amide bonds. The molecule has 4 rings (SSSR count). The average molecular weight is 505 g/mol. The zero-order chi connectivity index (χ0) is 25.3. The van der Waals surface area contributed by atoms with Gasteiger partial charge in [0.05, 0.1) is 5.02 Å². The zero-order valence-electron chi connectivity index (χ0n) is 20.7. The van der Waals surface area contributed by atoms with Crippen molar-refractivity contribution in [1.29, 1.82) is 0 Å². The van der Waals surface area contributed by atoms with Crippen LogP contribution >= 0.6 is 11.6 Å². The quantitative estimate of drug-likeness (QED) is 0.384. The van der Waals surface area contributed by atoms with E-state index < -0.39 is 6.04 Å². The summed E-state index contributed by atoms with van der Waals surface area (Å²) in [6, 6.07) is 24.4. The minimum Gasteiger partial charge on any atom is -0.482 e. The maximum Gasteiger partial charge on any atom is 0.261 e. The number of halogens is 1. The lowest BCUT2D eigenvalue weighted by atomic mass is 10.0. The largest absolute Gasteiger partial charge is 0.482 e. The van der Waals surface area contributed by atoms with Crippen LogP contribution in [0.2, 0.25) is 5.02 Å². The highest BCUT2D eigenvalue weighted by molar-refractivity contribution is 6.32. The van der Waals surface area contributed by atoms with Gasteiger partial charge in [0.1, 0.15) is 11.8 Å². The first kappa shape index (κ1) is 25.8. The first-order valence-corrected chi connectivity index (χ1v) is 12.9. The van der Waals surface area contributed by atoms with Gasteiger partial charge < -0.3 is 15.0 Å². The molecule has 0 radical (unpaired) electrons. The Morgan fingerprint density at radius 3 is 2.31 bits per heavy atom. The number of hydrogen-bond acceptors (Lipinski definition) is 3. The fraction of sp³-hybridized carbons (Fsp3) is 0.333. The van der Waals surface area contributed by atoms with Gasteiger partial charge in [-0.25, -0.2) is 0 Å². The van der Waals surface area contributed by atoms with Crippen LogP contribution in [0.1, 0.15) is 42.4 Å². The molecule has 0 spiro atoms. The summed E-state index contributed by atoms with van der Waals surface area (Å²) in [6.07, 6.45) is 4.61. The second-order valence-corrected chi connectivity index (χ2v) is 9.83. The first-order valence-electron chi connectivity index (χ1n) is 12.6. The van der Waals surface area contributed by atoms with Crippen LogP contribution in [0.3, 0.4) is 0 Å². The monoisotopic (exact) mass is 504 g/mol. The number of carbonyl (C=O) groups excluding carboxylic acids is 2. The molecule has 36 heavy (non-hydrogen) atoms. The second kappa shape index (κ2) is 12.6. The second-order valence-electron chi connectivity index (χ2n) is 9.42. The number of rotatable bonds is 10. The van der Waals surface area contributed by atoms with E-state index in [1.165, 1.54) is 0 Å². The van der Waals surface area contributed by atoms with E-state index in [1.54, 1.807) is 17.0 Å². The Balaban J connectivity index is 1.61. The normalized spacial score (nSPS) is 14.3. The lowest BCUT2D eigenvalue weighted by molar-refractivity contribution is -0.143. The van der Waals surface area contributed by atoms with Crippen molar-refractivity contribution in [2.24, 2.45) is 0 Å². The smallest absolute Gasteiger partial charge is 0.261 e. The van der Waals surface area contributed by atoms with E-state index >= 15 is 0 Å². The van der Waals surface area contributed by atoms with Gasteiger partial charge in [0, 0.05) is 19.0 Å². The Labute approximate surface area is 218 Å². The van der Waals surface area contributed by atoms with Gasteiger partial charge in [-0.2, -0.15) is 0 Å². The van der Waals surface area contributed by atoms with Crippen molar-refractivity contribution in [2.75, 3.05) is 6.61 Å². The third-order valence-corrected chi connectivity index (χ3v) is 6.95. The summed E-state index contributed by atoms with van der Waals surface area (Å²) in [5.41, 5.74) is 3.09. The summed E-state index contributed by atoms with van der Waals surface area (Å²) >= 11 is 6.23. The number of ether oxygens (including phenoxy) is 1. The third-order valence-electron chi connectivity index (χ3n) is 6.63. The number of nitrogens with one attached hydrogen (secondary N) is 1. The predicted octanol–water partition coefficient (Wildman–Crippen LogP) is 5.73. The van der Waals surface area contributed by atoms with Crippen LogP contribution in [0.4, 0.5) is 0 Å². The maximum absolute atomic E-state index is 13.7.